The number of anilines is 2. The number of alkyl halides is 3. The van der Waals surface area contributed by atoms with Gasteiger partial charge in [-0.25, -0.2) is 9.97 Å². The van der Waals surface area contributed by atoms with Gasteiger partial charge >= 0.3 is 6.18 Å². The van der Waals surface area contributed by atoms with Crippen molar-refractivity contribution in [3.63, 3.8) is 0 Å². The average molecular weight is 292 g/mol. The van der Waals surface area contributed by atoms with E-state index in [2.05, 4.69) is 15.3 Å². The molecule has 0 saturated carbocycles. The summed E-state index contributed by atoms with van der Waals surface area (Å²) in [6.07, 6.45) is -4.36. The smallest absolute Gasteiger partial charge is 0.395 e. The molecule has 0 radical (unpaired) electrons. The maximum atomic E-state index is 12.6. The van der Waals surface area contributed by atoms with E-state index in [0.717, 1.165) is 4.90 Å². The molecule has 1 rings (SSSR count). The molecule has 1 heterocycles. The first-order valence-corrected chi connectivity index (χ1v) is 6.30. The highest BCUT2D eigenvalue weighted by molar-refractivity contribution is 5.58. The first kappa shape index (κ1) is 16.5. The van der Waals surface area contributed by atoms with Gasteiger partial charge in [-0.2, -0.15) is 13.2 Å². The van der Waals surface area contributed by atoms with Gasteiger partial charge in [0.15, 0.2) is 0 Å². The van der Waals surface area contributed by atoms with Gasteiger partial charge in [0, 0.05) is 18.7 Å². The normalized spacial score (nSPS) is 11.6. The number of aliphatic hydroxyl groups is 1. The van der Waals surface area contributed by atoms with E-state index in [-0.39, 0.29) is 19.0 Å². The maximum absolute atomic E-state index is 12.6. The van der Waals surface area contributed by atoms with Gasteiger partial charge in [-0.3, -0.25) is 0 Å². The van der Waals surface area contributed by atoms with E-state index >= 15 is 0 Å². The maximum Gasteiger partial charge on any atom is 0.405 e. The Labute approximate surface area is 115 Å². The number of hydrogen-bond donors (Lipinski definition) is 2. The molecule has 0 aliphatic heterocycles. The summed E-state index contributed by atoms with van der Waals surface area (Å²) in [6.45, 7) is 4.09. The zero-order valence-corrected chi connectivity index (χ0v) is 11.8. The summed E-state index contributed by atoms with van der Waals surface area (Å²) < 4.78 is 37.8. The second-order valence-electron chi connectivity index (χ2n) is 4.36. The first-order valence-electron chi connectivity index (χ1n) is 6.30. The average Bonchev–Trinajstić information content (AvgIpc) is 2.31. The highest BCUT2D eigenvalue weighted by Crippen LogP contribution is 2.26. The SMILES string of the molecule is CCNc1nc(C)nc(N(CCO)CC(F)(F)F)c1C. The fraction of sp³-hybridized carbons (Fsp3) is 0.667. The van der Waals surface area contributed by atoms with Gasteiger partial charge in [-0.15, -0.1) is 0 Å². The Kier molecular flexibility index (Phi) is 5.55. The number of aryl methyl sites for hydroxylation is 1. The second-order valence-corrected chi connectivity index (χ2v) is 4.36. The third-order valence-electron chi connectivity index (χ3n) is 2.62. The predicted octanol–water partition coefficient (Wildman–Crippen LogP) is 1.89. The molecule has 0 fully saturated rings. The molecule has 20 heavy (non-hydrogen) atoms. The lowest BCUT2D eigenvalue weighted by atomic mass is 10.2. The van der Waals surface area contributed by atoms with Crippen LogP contribution in [-0.4, -0.2) is 47.5 Å². The van der Waals surface area contributed by atoms with Crippen LogP contribution in [0, 0.1) is 13.8 Å². The Morgan fingerprint density at radius 2 is 1.90 bits per heavy atom. The van der Waals surface area contributed by atoms with Gasteiger partial charge in [-0.05, 0) is 20.8 Å². The van der Waals surface area contributed by atoms with E-state index < -0.39 is 12.7 Å². The number of aromatic nitrogens is 2. The van der Waals surface area contributed by atoms with Crippen LogP contribution in [-0.2, 0) is 0 Å². The van der Waals surface area contributed by atoms with Crippen molar-refractivity contribution in [2.75, 3.05) is 36.5 Å². The van der Waals surface area contributed by atoms with Gasteiger partial charge in [-0.1, -0.05) is 0 Å². The topological polar surface area (TPSA) is 61.3 Å². The third-order valence-corrected chi connectivity index (χ3v) is 2.62. The summed E-state index contributed by atoms with van der Waals surface area (Å²) in [5, 5.41) is 12.0. The van der Waals surface area contributed by atoms with E-state index in [1.54, 1.807) is 13.8 Å². The fourth-order valence-corrected chi connectivity index (χ4v) is 1.86. The van der Waals surface area contributed by atoms with E-state index in [4.69, 9.17) is 5.11 Å². The molecule has 0 aliphatic rings. The summed E-state index contributed by atoms with van der Waals surface area (Å²) in [7, 11) is 0. The second kappa shape index (κ2) is 6.74. The van der Waals surface area contributed by atoms with Gasteiger partial charge in [0.2, 0.25) is 0 Å². The summed E-state index contributed by atoms with van der Waals surface area (Å²) in [5.74, 6) is 1.09. The molecule has 0 saturated heterocycles. The van der Waals surface area contributed by atoms with E-state index in [1.807, 2.05) is 6.92 Å². The van der Waals surface area contributed by atoms with Crippen molar-refractivity contribution in [3.05, 3.63) is 11.4 Å². The molecule has 5 nitrogen and oxygen atoms in total. The van der Waals surface area contributed by atoms with Crippen LogP contribution in [0.1, 0.15) is 18.3 Å². The minimum atomic E-state index is -4.36. The summed E-state index contributed by atoms with van der Waals surface area (Å²) in [5.41, 5.74) is 0.537. The summed E-state index contributed by atoms with van der Waals surface area (Å²) >= 11 is 0. The van der Waals surface area contributed by atoms with Crippen molar-refractivity contribution in [1.82, 2.24) is 9.97 Å². The Morgan fingerprint density at radius 1 is 1.25 bits per heavy atom. The van der Waals surface area contributed by atoms with E-state index in [0.29, 0.717) is 23.8 Å². The lowest BCUT2D eigenvalue weighted by Gasteiger charge is -2.26. The number of nitrogens with zero attached hydrogens (tertiary/aromatic N) is 3. The Bertz CT molecular complexity index is 451. The number of hydrogen-bond acceptors (Lipinski definition) is 5. The molecule has 0 spiro atoms. The molecule has 0 bridgehead atoms. The quantitative estimate of drug-likeness (QED) is 0.838. The largest absolute Gasteiger partial charge is 0.405 e. The van der Waals surface area contributed by atoms with Crippen LogP contribution in [0.3, 0.4) is 0 Å². The number of aliphatic hydroxyl groups excluding tert-OH is 1. The number of rotatable bonds is 6. The lowest BCUT2D eigenvalue weighted by Crippen LogP contribution is -2.37. The van der Waals surface area contributed by atoms with Crippen LogP contribution in [0.2, 0.25) is 0 Å². The number of nitrogens with one attached hydrogen (secondary N) is 1. The van der Waals surface area contributed by atoms with Gasteiger partial charge < -0.3 is 15.3 Å². The summed E-state index contributed by atoms with van der Waals surface area (Å²) in [4.78, 5) is 9.27. The molecule has 1 aromatic rings. The predicted molar refractivity (Wildman–Crippen MR) is 71.0 cm³/mol. The van der Waals surface area contributed by atoms with Crippen LogP contribution in [0.15, 0.2) is 0 Å². The molecule has 0 atom stereocenters. The van der Waals surface area contributed by atoms with Crippen molar-refractivity contribution in [1.29, 1.82) is 0 Å². The lowest BCUT2D eigenvalue weighted by molar-refractivity contribution is -0.120. The monoisotopic (exact) mass is 292 g/mol. The molecule has 0 amide bonds. The van der Waals surface area contributed by atoms with Crippen LogP contribution in [0.5, 0.6) is 0 Å². The third kappa shape index (κ3) is 4.52. The van der Waals surface area contributed by atoms with Gasteiger partial charge in [0.25, 0.3) is 0 Å². The highest BCUT2D eigenvalue weighted by Gasteiger charge is 2.32. The van der Waals surface area contributed by atoms with Crippen molar-refractivity contribution in [2.45, 2.75) is 26.9 Å². The molecule has 1 aromatic heterocycles. The Morgan fingerprint density at radius 3 is 2.40 bits per heavy atom. The van der Waals surface area contributed by atoms with Crippen molar-refractivity contribution < 1.29 is 18.3 Å². The molecule has 0 aromatic carbocycles. The van der Waals surface area contributed by atoms with Crippen LogP contribution >= 0.6 is 0 Å². The van der Waals surface area contributed by atoms with Gasteiger partial charge in [0.1, 0.15) is 24.0 Å². The fourth-order valence-electron chi connectivity index (χ4n) is 1.86. The highest BCUT2D eigenvalue weighted by atomic mass is 19.4. The molecule has 2 N–H and O–H groups in total. The zero-order valence-electron chi connectivity index (χ0n) is 11.8. The minimum Gasteiger partial charge on any atom is -0.395 e. The zero-order chi connectivity index (χ0) is 15.3. The molecule has 0 aliphatic carbocycles. The van der Waals surface area contributed by atoms with Crippen molar-refractivity contribution in [3.8, 4) is 0 Å². The van der Waals surface area contributed by atoms with Crippen molar-refractivity contribution in [2.24, 2.45) is 0 Å². The molecular weight excluding hydrogens is 273 g/mol. The van der Waals surface area contributed by atoms with E-state index in [1.165, 1.54) is 0 Å². The molecular formula is C12H19F3N4O. The first-order chi connectivity index (χ1) is 9.28. The van der Waals surface area contributed by atoms with Crippen molar-refractivity contribution >= 4 is 11.6 Å². The molecule has 0 unspecified atom stereocenters. The minimum absolute atomic E-state index is 0.137. The van der Waals surface area contributed by atoms with Gasteiger partial charge in [0.05, 0.1) is 6.61 Å². The van der Waals surface area contributed by atoms with Crippen LogP contribution < -0.4 is 10.2 Å². The molecule has 8 heteroatoms. The number of halogens is 3. The standard InChI is InChI=1S/C12H19F3N4O/c1-4-16-10-8(2)11(18-9(3)17-10)19(5-6-20)7-12(13,14)15/h20H,4-7H2,1-3H3,(H,16,17,18). The van der Waals surface area contributed by atoms with Crippen LogP contribution in [0.25, 0.3) is 0 Å². The Balaban J connectivity index is 3.18. The summed E-state index contributed by atoms with van der Waals surface area (Å²) in [6, 6.07) is 0. The molecule has 114 valence electrons. The van der Waals surface area contributed by atoms with Crippen LogP contribution in [0.4, 0.5) is 24.8 Å². The van der Waals surface area contributed by atoms with E-state index in [9.17, 15) is 13.2 Å². The Hall–Kier alpha value is -1.57.